The molecule has 0 fully saturated rings. The van der Waals surface area contributed by atoms with Gasteiger partial charge in [0, 0.05) is 22.0 Å². The Labute approximate surface area is 175 Å². The molecule has 1 heterocycles. The summed E-state index contributed by atoms with van der Waals surface area (Å²) in [6.45, 7) is 5.53. The van der Waals surface area contributed by atoms with Gasteiger partial charge in [0.15, 0.2) is 5.69 Å². The second-order valence-corrected chi connectivity index (χ2v) is 8.04. The summed E-state index contributed by atoms with van der Waals surface area (Å²) < 4.78 is 1.82. The van der Waals surface area contributed by atoms with Crippen molar-refractivity contribution in [3.05, 3.63) is 63.8 Å². The number of para-hydroxylation sites is 1. The molecule has 1 atom stereocenters. The quantitative estimate of drug-likeness (QED) is 0.492. The maximum atomic E-state index is 12.7. The first-order valence-electron chi connectivity index (χ1n) is 9.67. The van der Waals surface area contributed by atoms with E-state index in [4.69, 9.17) is 23.2 Å². The van der Waals surface area contributed by atoms with Crippen molar-refractivity contribution < 1.29 is 4.79 Å². The third-order valence-electron chi connectivity index (χ3n) is 4.91. The number of amides is 1. The summed E-state index contributed by atoms with van der Waals surface area (Å²) in [6, 6.07) is 13.2. The highest BCUT2D eigenvalue weighted by Gasteiger charge is 2.17. The van der Waals surface area contributed by atoms with Gasteiger partial charge in [-0.2, -0.15) is 5.10 Å². The van der Waals surface area contributed by atoms with Crippen molar-refractivity contribution >= 4 is 40.0 Å². The molecular weight excluding hydrogens is 393 g/mol. The van der Waals surface area contributed by atoms with Crippen molar-refractivity contribution in [2.45, 2.75) is 39.7 Å². The van der Waals surface area contributed by atoms with E-state index >= 15 is 0 Å². The first-order chi connectivity index (χ1) is 13.5. The fourth-order valence-corrected chi connectivity index (χ4v) is 3.85. The molecule has 148 valence electrons. The third kappa shape index (κ3) is 4.86. The number of nitrogens with zero attached hydrogens (tertiary/aromatic N) is 2. The van der Waals surface area contributed by atoms with Crippen LogP contribution in [0.2, 0.25) is 10.0 Å². The van der Waals surface area contributed by atoms with E-state index < -0.39 is 0 Å². The number of aromatic nitrogens is 2. The average molecular weight is 418 g/mol. The van der Waals surface area contributed by atoms with Crippen molar-refractivity contribution in [2.24, 2.45) is 5.92 Å². The molecule has 1 unspecified atom stereocenters. The predicted molar refractivity (Wildman–Crippen MR) is 116 cm³/mol. The lowest BCUT2D eigenvalue weighted by atomic mass is 10.0. The lowest BCUT2D eigenvalue weighted by Crippen LogP contribution is -2.26. The highest BCUT2D eigenvalue weighted by molar-refractivity contribution is 6.35. The minimum Gasteiger partial charge on any atom is -0.351 e. The van der Waals surface area contributed by atoms with Gasteiger partial charge in [-0.25, -0.2) is 0 Å². The number of hydrogen-bond acceptors (Lipinski definition) is 2. The Morgan fingerprint density at radius 2 is 1.96 bits per heavy atom. The molecule has 0 spiro atoms. The molecule has 2 aromatic carbocycles. The smallest absolute Gasteiger partial charge is 0.272 e. The van der Waals surface area contributed by atoms with E-state index in [1.807, 2.05) is 35.0 Å². The highest BCUT2D eigenvalue weighted by Crippen LogP contribution is 2.24. The van der Waals surface area contributed by atoms with Crippen LogP contribution >= 0.6 is 23.2 Å². The Balaban J connectivity index is 1.81. The summed E-state index contributed by atoms with van der Waals surface area (Å²) in [5.74, 6) is 0.465. The summed E-state index contributed by atoms with van der Waals surface area (Å²) in [5, 5.41) is 9.63. The van der Waals surface area contributed by atoms with Crippen LogP contribution in [0.25, 0.3) is 10.9 Å². The number of fused-ring (bicyclic) bond motifs is 1. The minimum absolute atomic E-state index is 0.138. The van der Waals surface area contributed by atoms with Crippen molar-refractivity contribution in [3.63, 3.8) is 0 Å². The van der Waals surface area contributed by atoms with Crippen molar-refractivity contribution in [2.75, 3.05) is 6.54 Å². The SMILES string of the molecule is CCCC(C)CCNC(=O)c1nn(Cc2ccc(Cl)cc2Cl)c2ccccc12. The Morgan fingerprint density at radius 1 is 1.18 bits per heavy atom. The molecule has 1 aromatic heterocycles. The molecule has 3 aromatic rings. The summed E-state index contributed by atoms with van der Waals surface area (Å²) in [6.07, 6.45) is 3.31. The number of hydrogen-bond donors (Lipinski definition) is 1. The zero-order valence-electron chi connectivity index (χ0n) is 16.2. The molecule has 3 rings (SSSR count). The van der Waals surface area contributed by atoms with Gasteiger partial charge in [0.05, 0.1) is 12.1 Å². The van der Waals surface area contributed by atoms with Gasteiger partial charge >= 0.3 is 0 Å². The molecule has 6 heteroatoms. The van der Waals surface area contributed by atoms with Gasteiger partial charge in [-0.3, -0.25) is 9.48 Å². The highest BCUT2D eigenvalue weighted by atomic mass is 35.5. The monoisotopic (exact) mass is 417 g/mol. The van der Waals surface area contributed by atoms with Crippen molar-refractivity contribution in [1.29, 1.82) is 0 Å². The number of halogens is 2. The lowest BCUT2D eigenvalue weighted by molar-refractivity contribution is 0.0947. The number of carbonyl (C=O) groups is 1. The van der Waals surface area contributed by atoms with Gasteiger partial charge in [-0.15, -0.1) is 0 Å². The summed E-state index contributed by atoms with van der Waals surface area (Å²) >= 11 is 12.3. The Bertz CT molecular complexity index is 968. The average Bonchev–Trinajstić information content (AvgIpc) is 3.03. The maximum Gasteiger partial charge on any atom is 0.272 e. The van der Waals surface area contributed by atoms with E-state index in [1.165, 1.54) is 6.42 Å². The molecule has 0 aliphatic carbocycles. The molecule has 0 radical (unpaired) electrons. The van der Waals surface area contributed by atoms with Crippen LogP contribution in [0.1, 0.15) is 49.2 Å². The molecule has 1 amide bonds. The van der Waals surface area contributed by atoms with Gasteiger partial charge in [0.25, 0.3) is 5.91 Å². The first-order valence-corrected chi connectivity index (χ1v) is 10.4. The number of nitrogens with one attached hydrogen (secondary N) is 1. The largest absolute Gasteiger partial charge is 0.351 e. The van der Waals surface area contributed by atoms with E-state index in [2.05, 4.69) is 24.3 Å². The second-order valence-electron chi connectivity index (χ2n) is 7.20. The molecule has 28 heavy (non-hydrogen) atoms. The maximum absolute atomic E-state index is 12.7. The molecule has 0 aliphatic heterocycles. The van der Waals surface area contributed by atoms with Crippen LogP contribution in [-0.4, -0.2) is 22.2 Å². The molecule has 4 nitrogen and oxygen atoms in total. The van der Waals surface area contributed by atoms with Gasteiger partial charge in [-0.1, -0.05) is 74.2 Å². The van der Waals surface area contributed by atoms with Crippen molar-refractivity contribution in [3.8, 4) is 0 Å². The third-order valence-corrected chi connectivity index (χ3v) is 5.50. The summed E-state index contributed by atoms with van der Waals surface area (Å²) in [7, 11) is 0. The van der Waals surface area contributed by atoms with E-state index in [0.717, 1.165) is 29.3 Å². The zero-order valence-corrected chi connectivity index (χ0v) is 17.7. The molecule has 0 saturated heterocycles. The Kier molecular flexibility index (Phi) is 6.97. The van der Waals surface area contributed by atoms with Crippen LogP contribution in [0.5, 0.6) is 0 Å². The van der Waals surface area contributed by atoms with Gasteiger partial charge in [0.2, 0.25) is 0 Å². The fraction of sp³-hybridized carbons (Fsp3) is 0.364. The van der Waals surface area contributed by atoms with Crippen LogP contribution < -0.4 is 5.32 Å². The Hall–Kier alpha value is -2.04. The first kappa shape index (κ1) is 20.7. The number of rotatable bonds is 8. The van der Waals surface area contributed by atoms with E-state index in [9.17, 15) is 4.79 Å². The standard InChI is InChI=1S/C22H25Cl2N3O/c1-3-6-15(2)11-12-25-22(28)21-18-7-4-5-8-20(18)27(26-21)14-16-9-10-17(23)13-19(16)24/h4-5,7-10,13,15H,3,6,11-12,14H2,1-2H3,(H,25,28). The zero-order chi connectivity index (χ0) is 20.1. The van der Waals surface area contributed by atoms with Crippen molar-refractivity contribution in [1.82, 2.24) is 15.1 Å². The second kappa shape index (κ2) is 9.44. The van der Waals surface area contributed by atoms with Gasteiger partial charge < -0.3 is 5.32 Å². The van der Waals surface area contributed by atoms with Crippen LogP contribution in [-0.2, 0) is 6.54 Å². The minimum atomic E-state index is -0.138. The molecule has 0 aliphatic rings. The predicted octanol–water partition coefficient (Wildman–Crippen LogP) is 5.95. The van der Waals surface area contributed by atoms with E-state index in [-0.39, 0.29) is 5.91 Å². The summed E-state index contributed by atoms with van der Waals surface area (Å²) in [5.41, 5.74) is 2.25. The fourth-order valence-electron chi connectivity index (χ4n) is 3.38. The van der Waals surface area contributed by atoms with Crippen LogP contribution in [0.4, 0.5) is 0 Å². The molecule has 0 bridgehead atoms. The van der Waals surface area contributed by atoms with Crippen LogP contribution in [0.3, 0.4) is 0 Å². The number of benzene rings is 2. The van der Waals surface area contributed by atoms with Gasteiger partial charge in [0.1, 0.15) is 0 Å². The van der Waals surface area contributed by atoms with Crippen LogP contribution in [0.15, 0.2) is 42.5 Å². The normalized spacial score (nSPS) is 12.3. The number of carbonyl (C=O) groups excluding carboxylic acids is 1. The molecule has 0 saturated carbocycles. The molecule has 1 N–H and O–H groups in total. The summed E-state index contributed by atoms with van der Waals surface area (Å²) in [4.78, 5) is 12.7. The van der Waals surface area contributed by atoms with Gasteiger partial charge in [-0.05, 0) is 36.1 Å². The topological polar surface area (TPSA) is 46.9 Å². The lowest BCUT2D eigenvalue weighted by Gasteiger charge is -2.10. The Morgan fingerprint density at radius 3 is 2.71 bits per heavy atom. The van der Waals surface area contributed by atoms with Crippen LogP contribution in [0, 0.1) is 5.92 Å². The molecular formula is C22H25Cl2N3O. The van der Waals surface area contributed by atoms with E-state index in [1.54, 1.807) is 12.1 Å². The van der Waals surface area contributed by atoms with E-state index in [0.29, 0.717) is 34.7 Å².